The summed E-state index contributed by atoms with van der Waals surface area (Å²) in [6, 6.07) is 34.2. The molecule has 6 rings (SSSR count). The van der Waals surface area contributed by atoms with Gasteiger partial charge in [0, 0.05) is 5.02 Å². The van der Waals surface area contributed by atoms with Crippen LogP contribution in [0.5, 0.6) is 0 Å². The molecule has 0 spiro atoms. The van der Waals surface area contributed by atoms with Gasteiger partial charge in [0.1, 0.15) is 0 Å². The average Bonchev–Trinajstić information content (AvgIpc) is 3.64. The molecule has 4 heteroatoms. The van der Waals surface area contributed by atoms with Crippen molar-refractivity contribution in [1.82, 2.24) is 0 Å². The second-order valence-corrected chi connectivity index (χ2v) is 13.0. The van der Waals surface area contributed by atoms with Crippen molar-refractivity contribution in [2.75, 3.05) is 0 Å². The van der Waals surface area contributed by atoms with Crippen LogP contribution < -0.4 is 24.8 Å². The zero-order chi connectivity index (χ0) is 29.5. The molecule has 0 fully saturated rings. The first-order chi connectivity index (χ1) is 19.5. The third-order valence-electron chi connectivity index (χ3n) is 7.16. The molecule has 0 unspecified atom stereocenters. The summed E-state index contributed by atoms with van der Waals surface area (Å²) in [6.45, 7) is 13.7. The van der Waals surface area contributed by atoms with Crippen molar-refractivity contribution in [2.24, 2.45) is 0 Å². The number of hydrogen-bond acceptors (Lipinski definition) is 0. The third kappa shape index (κ3) is 11.6. The van der Waals surface area contributed by atoms with E-state index in [0.29, 0.717) is 0 Å². The van der Waals surface area contributed by atoms with Crippen molar-refractivity contribution in [3.63, 3.8) is 0 Å². The Bertz CT molecular complexity index is 1540. The molecule has 0 radical (unpaired) electrons. The monoisotopic (exact) mass is 716 g/mol. The Labute approximate surface area is 302 Å². The molecule has 5 aromatic rings. The molecule has 0 atom stereocenters. The van der Waals surface area contributed by atoms with E-state index in [1.807, 2.05) is 54.6 Å². The molecule has 0 nitrogen and oxygen atoms in total. The van der Waals surface area contributed by atoms with E-state index in [2.05, 4.69) is 121 Å². The number of fused-ring (bicyclic) bond motifs is 3. The van der Waals surface area contributed by atoms with Gasteiger partial charge in [-0.25, -0.2) is 30.6 Å². The van der Waals surface area contributed by atoms with Gasteiger partial charge in [-0.1, -0.05) is 107 Å². The van der Waals surface area contributed by atoms with Gasteiger partial charge in [0.05, 0.1) is 0 Å². The van der Waals surface area contributed by atoms with Crippen molar-refractivity contribution in [1.29, 1.82) is 0 Å². The fraction of sp³-hybridized carbons (Fsp3) is 0.225. The van der Waals surface area contributed by atoms with Crippen LogP contribution in [0.4, 0.5) is 0 Å². The van der Waals surface area contributed by atoms with Gasteiger partial charge in [-0.15, -0.1) is 58.3 Å². The van der Waals surface area contributed by atoms with Crippen molar-refractivity contribution in [2.45, 2.75) is 58.8 Å². The molecule has 0 heterocycles. The summed E-state index contributed by atoms with van der Waals surface area (Å²) in [5.41, 5.74) is 5.56. The first kappa shape index (κ1) is 39.7. The van der Waals surface area contributed by atoms with E-state index in [1.54, 1.807) is 0 Å². The Morgan fingerprint density at radius 2 is 1.14 bits per heavy atom. The maximum Gasteiger partial charge on any atom is 2.00 e. The molecule has 0 aromatic heterocycles. The fourth-order valence-corrected chi connectivity index (χ4v) is 4.73. The Morgan fingerprint density at radius 1 is 0.659 bits per heavy atom. The minimum Gasteiger partial charge on any atom is -1.00 e. The quantitative estimate of drug-likeness (QED) is 0.208. The van der Waals surface area contributed by atoms with E-state index in [1.165, 1.54) is 38.2 Å². The number of hydrogen-bond donors (Lipinski definition) is 0. The van der Waals surface area contributed by atoms with Crippen LogP contribution in [0.1, 0.15) is 70.2 Å². The first-order valence-corrected chi connectivity index (χ1v) is 14.7. The summed E-state index contributed by atoms with van der Waals surface area (Å²) in [5.74, 6) is 0. The van der Waals surface area contributed by atoms with Crippen LogP contribution >= 0.6 is 11.6 Å². The van der Waals surface area contributed by atoms with Gasteiger partial charge >= 0.3 is 26.2 Å². The van der Waals surface area contributed by atoms with Crippen LogP contribution in [-0.4, -0.2) is 0 Å². The summed E-state index contributed by atoms with van der Waals surface area (Å²) in [6.07, 6.45) is 14.2. The van der Waals surface area contributed by atoms with Gasteiger partial charge < -0.3 is 24.8 Å². The summed E-state index contributed by atoms with van der Waals surface area (Å²) < 4.78 is 0. The molecule has 0 amide bonds. The van der Waals surface area contributed by atoms with Crippen molar-refractivity contribution < 1.29 is 51.0 Å². The predicted molar refractivity (Wildman–Crippen MR) is 181 cm³/mol. The van der Waals surface area contributed by atoms with E-state index in [4.69, 9.17) is 11.6 Å². The molecule has 0 saturated heterocycles. The van der Waals surface area contributed by atoms with E-state index < -0.39 is 0 Å². The smallest absolute Gasteiger partial charge is 1.00 e. The van der Waals surface area contributed by atoms with E-state index in [9.17, 15) is 0 Å². The van der Waals surface area contributed by atoms with Crippen molar-refractivity contribution >= 4 is 33.1 Å². The third-order valence-corrected chi connectivity index (χ3v) is 7.42. The molecule has 0 saturated carbocycles. The van der Waals surface area contributed by atoms with Crippen molar-refractivity contribution in [3.8, 4) is 0 Å². The molecule has 0 bridgehead atoms. The molecule has 44 heavy (non-hydrogen) atoms. The molecule has 0 N–H and O–H groups in total. The number of halogens is 3. The zero-order valence-corrected chi connectivity index (χ0v) is 31.2. The minimum atomic E-state index is 0. The van der Waals surface area contributed by atoms with Crippen LogP contribution in [0, 0.1) is 18.9 Å². The van der Waals surface area contributed by atoms with Gasteiger partial charge in [0.2, 0.25) is 0 Å². The van der Waals surface area contributed by atoms with Crippen molar-refractivity contribution in [3.05, 3.63) is 161 Å². The molecule has 1 aliphatic rings. The standard InChI is InChI=1S/C21H25.C14H11Cl.C5H5.2ClH.Zr/c1-20(2,3)16-9-7-14-11-15-8-10-17(21(4,5)6)13-19(15)18(14)12-16;15-14-10-8-13(9-11-14)7-6-12-4-2-1-3-5-12;1-2-4-5-3-1;;;/h7-13H,1-6H3;1-11H;1-3H,4H2;2*1H;/q-1;-2;-1;;;+2/p-2. The second-order valence-electron chi connectivity index (χ2n) is 12.5. The van der Waals surface area contributed by atoms with Crippen LogP contribution in [0.2, 0.25) is 5.02 Å². The number of allylic oxidation sites excluding steroid dienone is 4. The summed E-state index contributed by atoms with van der Waals surface area (Å²) in [4.78, 5) is 0. The van der Waals surface area contributed by atoms with Gasteiger partial charge in [-0.2, -0.15) is 35.9 Å². The van der Waals surface area contributed by atoms with E-state index in [-0.39, 0.29) is 61.8 Å². The molecule has 230 valence electrons. The van der Waals surface area contributed by atoms with Crippen LogP contribution in [0.25, 0.3) is 21.5 Å². The van der Waals surface area contributed by atoms with Gasteiger partial charge in [-0.3, -0.25) is 6.08 Å². The Balaban J connectivity index is 0.000000370. The fourth-order valence-electron chi connectivity index (χ4n) is 4.60. The first-order valence-electron chi connectivity index (χ1n) is 14.4. The largest absolute Gasteiger partial charge is 2.00 e. The maximum absolute atomic E-state index is 5.80. The molecule has 5 aromatic carbocycles. The second kappa shape index (κ2) is 18.0. The van der Waals surface area contributed by atoms with E-state index >= 15 is 0 Å². The minimum absolute atomic E-state index is 0. The van der Waals surface area contributed by atoms with Gasteiger partial charge in [-0.05, 0) is 10.8 Å². The molecule has 1 aliphatic carbocycles. The Kier molecular flexibility index (Phi) is 16.3. The van der Waals surface area contributed by atoms with E-state index in [0.717, 1.165) is 17.0 Å². The predicted octanol–water partition coefficient (Wildman–Crippen LogP) is 5.76. The molecular weight excluding hydrogens is 678 g/mol. The summed E-state index contributed by atoms with van der Waals surface area (Å²) in [5, 5.41) is 6.26. The average molecular weight is 719 g/mol. The topological polar surface area (TPSA) is 0 Å². The van der Waals surface area contributed by atoms with Gasteiger partial charge in [0.15, 0.2) is 0 Å². The normalized spacial score (nSPS) is 11.6. The summed E-state index contributed by atoms with van der Waals surface area (Å²) in [7, 11) is 0. The van der Waals surface area contributed by atoms with Crippen LogP contribution in [0.3, 0.4) is 0 Å². The SMILES string of the molecule is CC(C)(C)c1ccc2[cH-]c3ccc(C(C)(C)C)cc3c2c1.Clc1ccc([CH-][CH-]c2ccccc2)cc1.[C-]1=CC=CC1.[Cl-].[Cl-].[Zr+2]. The van der Waals surface area contributed by atoms with Crippen LogP contribution in [0.15, 0.2) is 115 Å². The molecule has 0 aliphatic heterocycles. The number of benzene rings is 4. The Hall–Kier alpha value is -2.28. The zero-order valence-electron chi connectivity index (χ0n) is 26.5. The van der Waals surface area contributed by atoms with Crippen LogP contribution in [-0.2, 0) is 37.0 Å². The number of rotatable bonds is 3. The maximum atomic E-state index is 5.80. The molecular formula is C40H41Cl3Zr-4. The Morgan fingerprint density at radius 3 is 1.52 bits per heavy atom. The summed E-state index contributed by atoms with van der Waals surface area (Å²) >= 11 is 5.80. The van der Waals surface area contributed by atoms with Gasteiger partial charge in [0.25, 0.3) is 0 Å².